The number of aryl methyl sites for hydroxylation is 2. The summed E-state index contributed by atoms with van der Waals surface area (Å²) in [4.78, 5) is 20.6. The van der Waals surface area contributed by atoms with Crippen LogP contribution in [0.2, 0.25) is 0 Å². The number of anilines is 1. The van der Waals surface area contributed by atoms with E-state index in [-0.39, 0.29) is 0 Å². The Morgan fingerprint density at radius 3 is 3.00 bits per heavy atom. The maximum Gasteiger partial charge on any atom is 0.150 e. The summed E-state index contributed by atoms with van der Waals surface area (Å²) in [7, 11) is 0. The van der Waals surface area contributed by atoms with Crippen LogP contribution in [-0.4, -0.2) is 37.6 Å². The van der Waals surface area contributed by atoms with E-state index >= 15 is 0 Å². The van der Waals surface area contributed by atoms with Crippen molar-refractivity contribution < 1.29 is 0 Å². The van der Waals surface area contributed by atoms with E-state index in [0.717, 1.165) is 61.2 Å². The SMILES string of the molecule is Cc1cnc(C)c(N2CCC[C@@H](c3nccn3Cc3cscn3)C2)n1. The van der Waals surface area contributed by atoms with Crippen LogP contribution in [0.15, 0.2) is 29.5 Å². The van der Waals surface area contributed by atoms with Gasteiger partial charge in [0.1, 0.15) is 11.6 Å². The van der Waals surface area contributed by atoms with Crippen molar-refractivity contribution in [1.29, 1.82) is 0 Å². The fourth-order valence-corrected chi connectivity index (χ4v) is 4.06. The molecular formula is C18H22N6S. The third-order valence-electron chi connectivity index (χ3n) is 4.70. The highest BCUT2D eigenvalue weighted by Crippen LogP contribution is 2.29. The van der Waals surface area contributed by atoms with Gasteiger partial charge in [0.15, 0.2) is 0 Å². The lowest BCUT2D eigenvalue weighted by atomic mass is 9.97. The molecule has 0 radical (unpaired) electrons. The van der Waals surface area contributed by atoms with Gasteiger partial charge in [0.25, 0.3) is 0 Å². The van der Waals surface area contributed by atoms with Gasteiger partial charge in [-0.05, 0) is 26.7 Å². The standard InChI is InChI=1S/C18H22N6S/c1-13-8-20-14(2)17(22-13)23-6-3-4-15(9-23)18-19-5-7-24(18)10-16-11-25-12-21-16/h5,7-8,11-12,15H,3-4,6,9-10H2,1-2H3/t15-/m1/s1. The van der Waals surface area contributed by atoms with Crippen LogP contribution in [0.3, 0.4) is 0 Å². The van der Waals surface area contributed by atoms with E-state index in [1.54, 1.807) is 11.3 Å². The summed E-state index contributed by atoms with van der Waals surface area (Å²) in [5, 5.41) is 2.10. The number of hydrogen-bond acceptors (Lipinski definition) is 6. The Hall–Kier alpha value is -2.28. The minimum absolute atomic E-state index is 0.407. The Kier molecular flexibility index (Phi) is 4.48. The zero-order chi connectivity index (χ0) is 17.2. The fourth-order valence-electron chi connectivity index (χ4n) is 3.51. The van der Waals surface area contributed by atoms with Crippen LogP contribution in [0.25, 0.3) is 0 Å². The first-order chi connectivity index (χ1) is 12.2. The van der Waals surface area contributed by atoms with Crippen LogP contribution in [0.4, 0.5) is 5.82 Å². The van der Waals surface area contributed by atoms with Gasteiger partial charge >= 0.3 is 0 Å². The van der Waals surface area contributed by atoms with Crippen molar-refractivity contribution in [3.8, 4) is 0 Å². The summed E-state index contributed by atoms with van der Waals surface area (Å²) in [6.07, 6.45) is 8.09. The van der Waals surface area contributed by atoms with E-state index in [1.165, 1.54) is 0 Å². The predicted octanol–water partition coefficient (Wildman–Crippen LogP) is 3.18. The molecule has 130 valence electrons. The molecule has 25 heavy (non-hydrogen) atoms. The number of nitrogens with zero attached hydrogens (tertiary/aromatic N) is 6. The molecular weight excluding hydrogens is 332 g/mol. The Labute approximate surface area is 151 Å². The number of hydrogen-bond donors (Lipinski definition) is 0. The molecule has 0 N–H and O–H groups in total. The Morgan fingerprint density at radius 2 is 2.16 bits per heavy atom. The van der Waals surface area contributed by atoms with Crippen LogP contribution in [0, 0.1) is 13.8 Å². The first kappa shape index (κ1) is 16.2. The molecule has 7 heteroatoms. The highest BCUT2D eigenvalue weighted by atomic mass is 32.1. The van der Waals surface area contributed by atoms with Gasteiger partial charge in [-0.25, -0.2) is 15.0 Å². The summed E-state index contributed by atoms with van der Waals surface area (Å²) in [5.41, 5.74) is 4.94. The van der Waals surface area contributed by atoms with Crippen LogP contribution in [0.5, 0.6) is 0 Å². The molecule has 0 bridgehead atoms. The number of rotatable bonds is 4. The van der Waals surface area contributed by atoms with Gasteiger partial charge in [-0.15, -0.1) is 11.3 Å². The summed E-state index contributed by atoms with van der Waals surface area (Å²) in [6.45, 7) is 6.79. The Bertz CT molecular complexity index is 841. The van der Waals surface area contributed by atoms with Crippen molar-refractivity contribution in [2.75, 3.05) is 18.0 Å². The maximum atomic E-state index is 4.72. The molecule has 3 aromatic heterocycles. The third kappa shape index (κ3) is 3.42. The van der Waals surface area contributed by atoms with Crippen LogP contribution in [0.1, 0.15) is 41.7 Å². The van der Waals surface area contributed by atoms with Crippen molar-refractivity contribution in [2.24, 2.45) is 0 Å². The van der Waals surface area contributed by atoms with E-state index in [9.17, 15) is 0 Å². The molecule has 6 nitrogen and oxygen atoms in total. The van der Waals surface area contributed by atoms with E-state index in [0.29, 0.717) is 5.92 Å². The van der Waals surface area contributed by atoms with E-state index < -0.39 is 0 Å². The monoisotopic (exact) mass is 354 g/mol. The van der Waals surface area contributed by atoms with Gasteiger partial charge in [0.2, 0.25) is 0 Å². The molecule has 4 rings (SSSR count). The maximum absolute atomic E-state index is 4.72. The molecule has 0 amide bonds. The number of aromatic nitrogens is 5. The highest BCUT2D eigenvalue weighted by molar-refractivity contribution is 7.07. The average molecular weight is 354 g/mol. The molecule has 4 heterocycles. The van der Waals surface area contributed by atoms with E-state index in [4.69, 9.17) is 4.98 Å². The summed E-state index contributed by atoms with van der Waals surface area (Å²) >= 11 is 1.64. The van der Waals surface area contributed by atoms with Crippen molar-refractivity contribution in [3.05, 3.63) is 52.4 Å². The first-order valence-corrected chi connectivity index (χ1v) is 9.58. The lowest BCUT2D eigenvalue weighted by Gasteiger charge is -2.34. The molecule has 1 aliphatic heterocycles. The fraction of sp³-hybridized carbons (Fsp3) is 0.444. The van der Waals surface area contributed by atoms with Crippen molar-refractivity contribution >= 4 is 17.2 Å². The Balaban J connectivity index is 1.56. The smallest absolute Gasteiger partial charge is 0.150 e. The van der Waals surface area contributed by atoms with Crippen LogP contribution < -0.4 is 4.90 Å². The highest BCUT2D eigenvalue weighted by Gasteiger charge is 2.26. The molecule has 1 fully saturated rings. The average Bonchev–Trinajstić information content (AvgIpc) is 3.29. The minimum Gasteiger partial charge on any atom is -0.354 e. The van der Waals surface area contributed by atoms with Gasteiger partial charge in [-0.3, -0.25) is 4.98 Å². The normalized spacial score (nSPS) is 17.8. The van der Waals surface area contributed by atoms with Gasteiger partial charge in [0.05, 0.1) is 29.1 Å². The summed E-state index contributed by atoms with van der Waals surface area (Å²) in [6, 6.07) is 0. The Morgan fingerprint density at radius 1 is 1.24 bits per heavy atom. The second-order valence-corrected chi connectivity index (χ2v) is 7.32. The molecule has 0 spiro atoms. The quantitative estimate of drug-likeness (QED) is 0.720. The van der Waals surface area contributed by atoms with Crippen LogP contribution >= 0.6 is 11.3 Å². The van der Waals surface area contributed by atoms with E-state index in [2.05, 4.69) is 36.0 Å². The van der Waals surface area contributed by atoms with Gasteiger partial charge < -0.3 is 9.47 Å². The molecule has 0 aliphatic carbocycles. The van der Waals surface area contributed by atoms with Gasteiger partial charge in [-0.2, -0.15) is 0 Å². The van der Waals surface area contributed by atoms with Crippen molar-refractivity contribution in [1.82, 2.24) is 24.5 Å². The largest absolute Gasteiger partial charge is 0.354 e. The van der Waals surface area contributed by atoms with E-state index in [1.807, 2.05) is 31.8 Å². The number of imidazole rings is 1. The molecule has 3 aromatic rings. The zero-order valence-electron chi connectivity index (χ0n) is 14.6. The molecule has 0 saturated carbocycles. The van der Waals surface area contributed by atoms with Gasteiger partial charge in [-0.1, -0.05) is 0 Å². The molecule has 0 unspecified atom stereocenters. The third-order valence-corrected chi connectivity index (χ3v) is 5.34. The molecule has 0 aromatic carbocycles. The van der Waals surface area contributed by atoms with Crippen LogP contribution in [-0.2, 0) is 6.54 Å². The lowest BCUT2D eigenvalue weighted by Crippen LogP contribution is -2.36. The lowest BCUT2D eigenvalue weighted by molar-refractivity contribution is 0.472. The zero-order valence-corrected chi connectivity index (χ0v) is 15.4. The van der Waals surface area contributed by atoms with Crippen molar-refractivity contribution in [3.63, 3.8) is 0 Å². The first-order valence-electron chi connectivity index (χ1n) is 8.64. The number of piperidine rings is 1. The summed E-state index contributed by atoms with van der Waals surface area (Å²) < 4.78 is 2.23. The molecule has 1 atom stereocenters. The van der Waals surface area contributed by atoms with Crippen molar-refractivity contribution in [2.45, 2.75) is 39.2 Å². The second kappa shape index (κ2) is 6.92. The summed E-state index contributed by atoms with van der Waals surface area (Å²) in [5.74, 6) is 2.57. The topological polar surface area (TPSA) is 59.7 Å². The predicted molar refractivity (Wildman–Crippen MR) is 99.1 cm³/mol. The van der Waals surface area contributed by atoms with Gasteiger partial charge in [0, 0.05) is 43.0 Å². The molecule has 1 aliphatic rings. The number of thiazole rings is 1. The minimum atomic E-state index is 0.407. The second-order valence-electron chi connectivity index (χ2n) is 6.60. The molecule has 1 saturated heterocycles.